The van der Waals surface area contributed by atoms with Crippen molar-refractivity contribution < 1.29 is 23.9 Å². The van der Waals surface area contributed by atoms with Crippen molar-refractivity contribution in [1.29, 1.82) is 0 Å². The summed E-state index contributed by atoms with van der Waals surface area (Å²) >= 11 is 0. The normalized spacial score (nSPS) is 12.4. The van der Waals surface area contributed by atoms with E-state index in [0.717, 1.165) is 4.90 Å². The number of hydrogen-bond donors (Lipinski definition) is 2. The van der Waals surface area contributed by atoms with Gasteiger partial charge in [0, 0.05) is 25.2 Å². The Kier molecular flexibility index (Phi) is 5.43. The average molecular weight is 429 g/mol. The zero-order valence-corrected chi connectivity index (χ0v) is 17.3. The van der Waals surface area contributed by atoms with Crippen molar-refractivity contribution in [1.82, 2.24) is 0 Å². The average Bonchev–Trinajstić information content (AvgIpc) is 2.99. The summed E-state index contributed by atoms with van der Waals surface area (Å²) < 4.78 is 5.81. The molecule has 0 unspecified atom stereocenters. The van der Waals surface area contributed by atoms with Crippen molar-refractivity contribution in [3.05, 3.63) is 77.9 Å². The predicted molar refractivity (Wildman–Crippen MR) is 119 cm³/mol. The summed E-state index contributed by atoms with van der Waals surface area (Å²) in [6, 6.07) is 18.0. The Hall–Kier alpha value is -4.46. The maximum atomic E-state index is 13.0. The van der Waals surface area contributed by atoms with E-state index in [2.05, 4.69) is 10.6 Å². The Bertz CT molecular complexity index is 1250. The second-order valence-electron chi connectivity index (χ2n) is 7.19. The topological polar surface area (TPSA) is 105 Å². The first-order valence-corrected chi connectivity index (χ1v) is 9.78. The molecule has 1 aliphatic rings. The molecule has 3 aromatic rings. The van der Waals surface area contributed by atoms with Crippen LogP contribution < -0.4 is 20.3 Å². The monoisotopic (exact) mass is 429 g/mol. The second kappa shape index (κ2) is 8.35. The smallest absolute Gasteiger partial charge is 0.266 e. The highest BCUT2D eigenvalue weighted by Crippen LogP contribution is 2.33. The largest absolute Gasteiger partial charge is 0.457 e. The number of nitrogens with zero attached hydrogens (tertiary/aromatic N) is 1. The fourth-order valence-electron chi connectivity index (χ4n) is 3.39. The fraction of sp³-hybridized carbons (Fsp3) is 0.0833. The Labute approximate surface area is 183 Å². The van der Waals surface area contributed by atoms with Crippen molar-refractivity contribution >= 4 is 40.7 Å². The van der Waals surface area contributed by atoms with Gasteiger partial charge in [0.05, 0.1) is 16.8 Å². The van der Waals surface area contributed by atoms with Crippen LogP contribution in [0.4, 0.5) is 17.1 Å². The maximum Gasteiger partial charge on any atom is 0.266 e. The molecule has 0 spiro atoms. The van der Waals surface area contributed by atoms with Gasteiger partial charge in [0.25, 0.3) is 11.8 Å². The Morgan fingerprint density at radius 2 is 1.34 bits per heavy atom. The van der Waals surface area contributed by atoms with Gasteiger partial charge in [0.15, 0.2) is 0 Å². The number of carbonyl (C=O) groups is 4. The first-order chi connectivity index (χ1) is 15.3. The molecule has 1 aliphatic heterocycles. The summed E-state index contributed by atoms with van der Waals surface area (Å²) in [7, 11) is 0. The Balaban J connectivity index is 1.57. The minimum atomic E-state index is -0.476. The molecule has 0 fully saturated rings. The van der Waals surface area contributed by atoms with Crippen LogP contribution in [0, 0.1) is 0 Å². The number of benzene rings is 3. The molecule has 8 nitrogen and oxygen atoms in total. The highest BCUT2D eigenvalue weighted by atomic mass is 16.5. The number of fused-ring (bicyclic) bond motifs is 1. The molecule has 0 radical (unpaired) electrons. The van der Waals surface area contributed by atoms with E-state index in [1.165, 1.54) is 19.9 Å². The third kappa shape index (κ3) is 4.20. The van der Waals surface area contributed by atoms with Gasteiger partial charge in [-0.15, -0.1) is 0 Å². The molecule has 4 rings (SSSR count). The molecule has 2 N–H and O–H groups in total. The lowest BCUT2D eigenvalue weighted by Gasteiger charge is -2.15. The maximum absolute atomic E-state index is 13.0. The molecule has 4 amide bonds. The summed E-state index contributed by atoms with van der Waals surface area (Å²) in [5.74, 6) is -0.446. The van der Waals surface area contributed by atoms with E-state index in [9.17, 15) is 19.2 Å². The minimum absolute atomic E-state index is 0.173. The molecule has 0 saturated heterocycles. The number of carbonyl (C=O) groups excluding carboxylic acids is 4. The summed E-state index contributed by atoms with van der Waals surface area (Å²) in [5.41, 5.74) is 1.98. The lowest BCUT2D eigenvalue weighted by atomic mass is 10.1. The van der Waals surface area contributed by atoms with Gasteiger partial charge in [-0.25, -0.2) is 4.90 Å². The van der Waals surface area contributed by atoms with Gasteiger partial charge in [-0.2, -0.15) is 0 Å². The van der Waals surface area contributed by atoms with Crippen LogP contribution in [-0.2, 0) is 9.59 Å². The van der Waals surface area contributed by atoms with Crippen molar-refractivity contribution in [3.8, 4) is 11.5 Å². The molecule has 0 saturated carbocycles. The first-order valence-electron chi connectivity index (χ1n) is 9.78. The molecular formula is C24H19N3O5. The lowest BCUT2D eigenvalue weighted by Crippen LogP contribution is -2.29. The van der Waals surface area contributed by atoms with Crippen LogP contribution in [0.3, 0.4) is 0 Å². The van der Waals surface area contributed by atoms with Gasteiger partial charge in [0.1, 0.15) is 11.5 Å². The summed E-state index contributed by atoms with van der Waals surface area (Å²) in [5, 5.41) is 5.31. The number of rotatable bonds is 5. The molecule has 0 bridgehead atoms. The second-order valence-corrected chi connectivity index (χ2v) is 7.19. The summed E-state index contributed by atoms with van der Waals surface area (Å²) in [6.45, 7) is 2.80. The molecule has 160 valence electrons. The van der Waals surface area contributed by atoms with Gasteiger partial charge < -0.3 is 15.4 Å². The van der Waals surface area contributed by atoms with E-state index in [-0.39, 0.29) is 22.9 Å². The molecule has 0 atom stereocenters. The predicted octanol–water partition coefficient (Wildman–Crippen LogP) is 4.20. The van der Waals surface area contributed by atoms with Crippen LogP contribution in [0.25, 0.3) is 0 Å². The highest BCUT2D eigenvalue weighted by Gasteiger charge is 2.37. The summed E-state index contributed by atoms with van der Waals surface area (Å²) in [4.78, 5) is 49.4. The number of ether oxygens (including phenoxy) is 1. The number of imide groups is 1. The van der Waals surface area contributed by atoms with E-state index in [0.29, 0.717) is 28.6 Å². The zero-order valence-electron chi connectivity index (χ0n) is 17.3. The van der Waals surface area contributed by atoms with E-state index < -0.39 is 11.8 Å². The molecule has 8 heteroatoms. The number of amides is 4. The van der Waals surface area contributed by atoms with Crippen LogP contribution in [0.5, 0.6) is 11.5 Å². The minimum Gasteiger partial charge on any atom is -0.457 e. The Morgan fingerprint density at radius 1 is 0.719 bits per heavy atom. The van der Waals surface area contributed by atoms with E-state index in [1.54, 1.807) is 60.7 Å². The van der Waals surface area contributed by atoms with Gasteiger partial charge in [-0.1, -0.05) is 6.07 Å². The van der Waals surface area contributed by atoms with Crippen LogP contribution in [0.1, 0.15) is 34.6 Å². The zero-order chi connectivity index (χ0) is 22.8. The third-order valence-electron chi connectivity index (χ3n) is 4.69. The van der Waals surface area contributed by atoms with Crippen molar-refractivity contribution in [3.63, 3.8) is 0 Å². The highest BCUT2D eigenvalue weighted by molar-refractivity contribution is 6.34. The number of anilines is 3. The van der Waals surface area contributed by atoms with Crippen molar-refractivity contribution in [2.24, 2.45) is 0 Å². The summed E-state index contributed by atoms with van der Waals surface area (Å²) in [6.07, 6.45) is 0. The van der Waals surface area contributed by atoms with Crippen LogP contribution in [-0.4, -0.2) is 23.6 Å². The molecule has 32 heavy (non-hydrogen) atoms. The Morgan fingerprint density at radius 3 is 2.03 bits per heavy atom. The van der Waals surface area contributed by atoms with E-state index in [1.807, 2.05) is 0 Å². The number of nitrogens with one attached hydrogen (secondary N) is 2. The van der Waals surface area contributed by atoms with Gasteiger partial charge in [-0.3, -0.25) is 19.2 Å². The molecule has 0 aliphatic carbocycles. The fourth-order valence-corrected chi connectivity index (χ4v) is 3.39. The van der Waals surface area contributed by atoms with E-state index in [4.69, 9.17) is 4.74 Å². The van der Waals surface area contributed by atoms with Crippen molar-refractivity contribution in [2.45, 2.75) is 13.8 Å². The van der Waals surface area contributed by atoms with Crippen molar-refractivity contribution in [2.75, 3.05) is 15.5 Å². The van der Waals surface area contributed by atoms with Crippen LogP contribution in [0.2, 0.25) is 0 Å². The number of hydrogen-bond acceptors (Lipinski definition) is 5. The van der Waals surface area contributed by atoms with E-state index >= 15 is 0 Å². The first kappa shape index (κ1) is 20.8. The molecule has 0 aromatic heterocycles. The van der Waals surface area contributed by atoms with Crippen LogP contribution in [0.15, 0.2) is 66.7 Å². The molecular weight excluding hydrogens is 410 g/mol. The standard InChI is InChI=1S/C24H19N3O5/c1-14(28)25-16-6-8-19(9-7-16)32-20-10-11-21-22(13-20)24(31)27(23(21)30)18-5-3-4-17(12-18)26-15(2)29/h3-13H,1-2H3,(H,25,28)(H,26,29). The molecule has 3 aromatic carbocycles. The van der Waals surface area contributed by atoms with Gasteiger partial charge in [0.2, 0.25) is 11.8 Å². The quantitative estimate of drug-likeness (QED) is 0.592. The third-order valence-corrected chi connectivity index (χ3v) is 4.69. The van der Waals surface area contributed by atoms with Gasteiger partial charge in [-0.05, 0) is 60.7 Å². The SMILES string of the molecule is CC(=O)Nc1ccc(Oc2ccc3c(c2)C(=O)N(c2cccc(NC(C)=O)c2)C3=O)cc1. The molecule has 1 heterocycles. The van der Waals surface area contributed by atoms with Gasteiger partial charge >= 0.3 is 0 Å². The lowest BCUT2D eigenvalue weighted by molar-refractivity contribution is -0.115. The van der Waals surface area contributed by atoms with Crippen LogP contribution >= 0.6 is 0 Å².